The van der Waals surface area contributed by atoms with Crippen molar-refractivity contribution in [3.05, 3.63) is 65.7 Å². The molecule has 0 bridgehead atoms. The summed E-state index contributed by atoms with van der Waals surface area (Å²) < 4.78 is 10.2. The first kappa shape index (κ1) is 21.4. The Balaban J connectivity index is 2.00. The summed E-state index contributed by atoms with van der Waals surface area (Å²) in [5.41, 5.74) is 0.708. The summed E-state index contributed by atoms with van der Waals surface area (Å²) in [7, 11) is 2.86. The van der Waals surface area contributed by atoms with Gasteiger partial charge in [0.1, 0.15) is 12.3 Å². The first-order valence-electron chi connectivity index (χ1n) is 8.64. The minimum atomic E-state index is -1.35. The van der Waals surface area contributed by atoms with E-state index in [9.17, 15) is 19.2 Å². The van der Waals surface area contributed by atoms with Gasteiger partial charge in [0.15, 0.2) is 0 Å². The number of urea groups is 1. The molecule has 1 atom stereocenters. The molecule has 0 aliphatic rings. The summed E-state index contributed by atoms with van der Waals surface area (Å²) in [4.78, 5) is 48.0. The third-order valence-electron chi connectivity index (χ3n) is 3.80. The molecule has 0 radical (unpaired) electrons. The van der Waals surface area contributed by atoms with Crippen molar-refractivity contribution < 1.29 is 28.7 Å². The Kier molecular flexibility index (Phi) is 7.72. The summed E-state index contributed by atoms with van der Waals surface area (Å²) in [6.07, 6.45) is -1.35. The smallest absolute Gasteiger partial charge is 0.326 e. The van der Waals surface area contributed by atoms with Crippen molar-refractivity contribution in [2.45, 2.75) is 6.10 Å². The maximum atomic E-state index is 12.3. The molecule has 3 N–H and O–H groups in total. The molecule has 29 heavy (non-hydrogen) atoms. The van der Waals surface area contributed by atoms with Gasteiger partial charge in [0.05, 0.1) is 7.11 Å². The molecule has 0 fully saturated rings. The number of ether oxygens (including phenoxy) is 2. The normalized spacial score (nSPS) is 11.0. The summed E-state index contributed by atoms with van der Waals surface area (Å²) in [6, 6.07) is 13.8. The molecular weight excluding hydrogens is 378 g/mol. The molecule has 2 rings (SSSR count). The summed E-state index contributed by atoms with van der Waals surface area (Å²) in [6.45, 7) is -0.457. The standard InChI is InChI=1S/C20H21N3O6/c1-21-20(27)23-19(26)17(13-6-4-3-5-7-13)29-16(24)12-22-18(25)14-8-10-15(28-2)11-9-14/h3-11,17H,12H2,1-2H3,(H,22,25)(H2,21,23,26,27)/t17-/m1/s1. The highest BCUT2D eigenvalue weighted by molar-refractivity contribution is 5.98. The molecule has 4 amide bonds. The molecule has 0 aliphatic carbocycles. The van der Waals surface area contributed by atoms with Crippen LogP contribution in [0.4, 0.5) is 4.79 Å². The maximum absolute atomic E-state index is 12.3. The van der Waals surface area contributed by atoms with Crippen LogP contribution < -0.4 is 20.7 Å². The molecular formula is C20H21N3O6. The van der Waals surface area contributed by atoms with E-state index in [2.05, 4.69) is 16.0 Å². The Hall–Kier alpha value is -3.88. The average molecular weight is 399 g/mol. The maximum Gasteiger partial charge on any atom is 0.326 e. The van der Waals surface area contributed by atoms with Crippen molar-refractivity contribution in [1.29, 1.82) is 0 Å². The fraction of sp³-hybridized carbons (Fsp3) is 0.200. The predicted molar refractivity (Wildman–Crippen MR) is 103 cm³/mol. The van der Waals surface area contributed by atoms with E-state index in [1.165, 1.54) is 14.2 Å². The number of hydrogen-bond acceptors (Lipinski definition) is 6. The molecule has 152 valence electrons. The van der Waals surface area contributed by atoms with Gasteiger partial charge >= 0.3 is 12.0 Å². The molecule has 0 aliphatic heterocycles. The second kappa shape index (κ2) is 10.5. The molecule has 9 nitrogen and oxygen atoms in total. The van der Waals surface area contributed by atoms with E-state index in [0.717, 1.165) is 0 Å². The minimum Gasteiger partial charge on any atom is -0.497 e. The first-order valence-corrected chi connectivity index (χ1v) is 8.64. The quantitative estimate of drug-likeness (QED) is 0.601. The number of rotatable bonds is 7. The van der Waals surface area contributed by atoms with Gasteiger partial charge in [-0.05, 0) is 24.3 Å². The molecule has 0 saturated heterocycles. The van der Waals surface area contributed by atoms with E-state index in [1.807, 2.05) is 0 Å². The Bertz CT molecular complexity index is 868. The minimum absolute atomic E-state index is 0.329. The van der Waals surface area contributed by atoms with Crippen molar-refractivity contribution in [2.24, 2.45) is 0 Å². The zero-order chi connectivity index (χ0) is 21.2. The zero-order valence-corrected chi connectivity index (χ0v) is 15.9. The van der Waals surface area contributed by atoms with Crippen LogP contribution in [0.25, 0.3) is 0 Å². The second-order valence-corrected chi connectivity index (χ2v) is 5.76. The molecule has 0 spiro atoms. The second-order valence-electron chi connectivity index (χ2n) is 5.76. The third-order valence-corrected chi connectivity index (χ3v) is 3.80. The van der Waals surface area contributed by atoms with Crippen molar-refractivity contribution in [3.63, 3.8) is 0 Å². The van der Waals surface area contributed by atoms with Crippen LogP contribution in [0.2, 0.25) is 0 Å². The van der Waals surface area contributed by atoms with Crippen LogP contribution in [0.15, 0.2) is 54.6 Å². The zero-order valence-electron chi connectivity index (χ0n) is 15.9. The predicted octanol–water partition coefficient (Wildman–Crippen LogP) is 1.17. The van der Waals surface area contributed by atoms with Crippen molar-refractivity contribution in [1.82, 2.24) is 16.0 Å². The number of imide groups is 1. The SMILES string of the molecule is CNC(=O)NC(=O)[C@H](OC(=O)CNC(=O)c1ccc(OC)cc1)c1ccccc1. The van der Waals surface area contributed by atoms with E-state index in [1.54, 1.807) is 54.6 Å². The van der Waals surface area contributed by atoms with Crippen LogP contribution in [-0.4, -0.2) is 44.5 Å². The van der Waals surface area contributed by atoms with Crippen LogP contribution in [-0.2, 0) is 14.3 Å². The summed E-state index contributed by atoms with van der Waals surface area (Å²) in [5.74, 6) is -1.55. The highest BCUT2D eigenvalue weighted by atomic mass is 16.5. The fourth-order valence-electron chi connectivity index (χ4n) is 2.31. The van der Waals surface area contributed by atoms with E-state index in [0.29, 0.717) is 16.9 Å². The lowest BCUT2D eigenvalue weighted by Crippen LogP contribution is -2.42. The van der Waals surface area contributed by atoms with Crippen LogP contribution in [0.3, 0.4) is 0 Å². The van der Waals surface area contributed by atoms with Crippen LogP contribution in [0.1, 0.15) is 22.0 Å². The Morgan fingerprint density at radius 3 is 2.21 bits per heavy atom. The number of benzene rings is 2. The topological polar surface area (TPSA) is 123 Å². The highest BCUT2D eigenvalue weighted by Crippen LogP contribution is 2.17. The van der Waals surface area contributed by atoms with Crippen LogP contribution in [0, 0.1) is 0 Å². The number of esters is 1. The highest BCUT2D eigenvalue weighted by Gasteiger charge is 2.26. The van der Waals surface area contributed by atoms with Gasteiger partial charge in [0, 0.05) is 18.2 Å². The van der Waals surface area contributed by atoms with E-state index < -0.39 is 36.5 Å². The largest absolute Gasteiger partial charge is 0.497 e. The summed E-state index contributed by atoms with van der Waals surface area (Å²) >= 11 is 0. The Labute approximate surface area is 167 Å². The third kappa shape index (κ3) is 6.35. The van der Waals surface area contributed by atoms with Crippen molar-refractivity contribution in [3.8, 4) is 5.75 Å². The van der Waals surface area contributed by atoms with Gasteiger partial charge in [0.2, 0.25) is 6.10 Å². The molecule has 2 aromatic carbocycles. The molecule has 0 saturated carbocycles. The first-order chi connectivity index (χ1) is 13.9. The lowest BCUT2D eigenvalue weighted by molar-refractivity contribution is -0.155. The van der Waals surface area contributed by atoms with Crippen molar-refractivity contribution >= 4 is 23.8 Å². The van der Waals surface area contributed by atoms with E-state index in [4.69, 9.17) is 9.47 Å². The Morgan fingerprint density at radius 2 is 1.62 bits per heavy atom. The Morgan fingerprint density at radius 1 is 0.966 bits per heavy atom. The fourth-order valence-corrected chi connectivity index (χ4v) is 2.31. The van der Waals surface area contributed by atoms with Gasteiger partial charge in [-0.3, -0.25) is 19.7 Å². The number of amides is 4. The lowest BCUT2D eigenvalue weighted by Gasteiger charge is -2.17. The van der Waals surface area contributed by atoms with Gasteiger partial charge in [-0.1, -0.05) is 30.3 Å². The van der Waals surface area contributed by atoms with Gasteiger partial charge in [-0.2, -0.15) is 0 Å². The number of carbonyl (C=O) groups excluding carboxylic acids is 4. The van der Waals surface area contributed by atoms with Crippen LogP contribution in [0.5, 0.6) is 5.75 Å². The van der Waals surface area contributed by atoms with Crippen LogP contribution >= 0.6 is 0 Å². The number of hydrogen-bond donors (Lipinski definition) is 3. The van der Waals surface area contributed by atoms with E-state index >= 15 is 0 Å². The van der Waals surface area contributed by atoms with E-state index in [-0.39, 0.29) is 0 Å². The molecule has 0 aromatic heterocycles. The van der Waals surface area contributed by atoms with Gasteiger partial charge < -0.3 is 20.1 Å². The molecule has 0 unspecified atom stereocenters. The number of carbonyl (C=O) groups is 4. The number of nitrogens with one attached hydrogen (secondary N) is 3. The molecule has 0 heterocycles. The van der Waals surface area contributed by atoms with Crippen molar-refractivity contribution in [2.75, 3.05) is 20.7 Å². The van der Waals surface area contributed by atoms with Gasteiger partial charge in [-0.15, -0.1) is 0 Å². The van der Waals surface area contributed by atoms with Gasteiger partial charge in [-0.25, -0.2) is 4.79 Å². The summed E-state index contributed by atoms with van der Waals surface area (Å²) in [5, 5.41) is 6.73. The molecule has 2 aromatic rings. The monoisotopic (exact) mass is 399 g/mol. The number of methoxy groups -OCH3 is 1. The van der Waals surface area contributed by atoms with Gasteiger partial charge in [0.25, 0.3) is 11.8 Å². The molecule has 9 heteroatoms. The average Bonchev–Trinajstić information content (AvgIpc) is 2.76. The lowest BCUT2D eigenvalue weighted by atomic mass is 10.1.